The molecule has 0 bridgehead atoms. The maximum absolute atomic E-state index is 11.9. The van der Waals surface area contributed by atoms with Crippen LogP contribution in [0.25, 0.3) is 0 Å². The van der Waals surface area contributed by atoms with Gasteiger partial charge in [-0.2, -0.15) is 0 Å². The lowest BCUT2D eigenvalue weighted by Crippen LogP contribution is -2.30. The third-order valence-electron chi connectivity index (χ3n) is 4.12. The average molecular weight is 341 g/mol. The van der Waals surface area contributed by atoms with E-state index in [4.69, 9.17) is 9.47 Å². The van der Waals surface area contributed by atoms with Gasteiger partial charge in [0.2, 0.25) is 0 Å². The Morgan fingerprint density at radius 2 is 1.72 bits per heavy atom. The van der Waals surface area contributed by atoms with Crippen molar-refractivity contribution in [2.24, 2.45) is 0 Å². The molecular weight excluding hydrogens is 314 g/mol. The maximum Gasteiger partial charge on any atom is 0.257 e. The first-order chi connectivity index (χ1) is 12.0. The molecule has 2 rings (SSSR count). The molecule has 2 aromatic rings. The van der Waals surface area contributed by atoms with Crippen LogP contribution in [0, 0.1) is 20.8 Å². The number of carbonyl (C=O) groups excluding carboxylic acids is 1. The second-order valence-electron chi connectivity index (χ2n) is 6.33. The van der Waals surface area contributed by atoms with Gasteiger partial charge in [0.05, 0.1) is 7.11 Å². The molecule has 25 heavy (non-hydrogen) atoms. The molecule has 1 amide bonds. The Hall–Kier alpha value is -2.49. The van der Waals surface area contributed by atoms with Crippen LogP contribution in [0.2, 0.25) is 0 Å². The predicted octanol–water partition coefficient (Wildman–Crippen LogP) is 3.75. The lowest BCUT2D eigenvalue weighted by molar-refractivity contribution is -0.123. The van der Waals surface area contributed by atoms with Crippen molar-refractivity contribution in [1.82, 2.24) is 5.32 Å². The Bertz CT molecular complexity index is 725. The van der Waals surface area contributed by atoms with E-state index in [0.717, 1.165) is 18.4 Å². The molecule has 0 aliphatic carbocycles. The minimum absolute atomic E-state index is 0.0109. The number of aryl methyl sites for hydroxylation is 4. The lowest BCUT2D eigenvalue weighted by atomic mass is 10.0. The van der Waals surface area contributed by atoms with Crippen LogP contribution in [0.15, 0.2) is 36.4 Å². The molecule has 4 heteroatoms. The first-order valence-electron chi connectivity index (χ1n) is 8.60. The summed E-state index contributed by atoms with van der Waals surface area (Å²) in [6.45, 7) is 6.84. The third-order valence-corrected chi connectivity index (χ3v) is 4.12. The monoisotopic (exact) mass is 341 g/mol. The Morgan fingerprint density at radius 3 is 2.44 bits per heavy atom. The molecule has 0 spiro atoms. The maximum atomic E-state index is 11.9. The van der Waals surface area contributed by atoms with Gasteiger partial charge in [-0.05, 0) is 62.4 Å². The molecule has 134 valence electrons. The molecule has 0 saturated carbocycles. The largest absolute Gasteiger partial charge is 0.493 e. The van der Waals surface area contributed by atoms with Crippen molar-refractivity contribution in [3.05, 3.63) is 58.7 Å². The Balaban J connectivity index is 1.72. The highest BCUT2D eigenvalue weighted by atomic mass is 16.5. The molecule has 0 fully saturated rings. The number of carbonyl (C=O) groups is 1. The van der Waals surface area contributed by atoms with Crippen LogP contribution in [0.4, 0.5) is 0 Å². The summed E-state index contributed by atoms with van der Waals surface area (Å²) in [6.07, 6.45) is 1.86. The SMILES string of the molecule is COc1cc(C)ccc1OCC(=O)NCCCc1ccc(C)cc1C. The van der Waals surface area contributed by atoms with Gasteiger partial charge in [-0.15, -0.1) is 0 Å². The van der Waals surface area contributed by atoms with Crippen molar-refractivity contribution in [3.63, 3.8) is 0 Å². The lowest BCUT2D eigenvalue weighted by Gasteiger charge is -2.11. The van der Waals surface area contributed by atoms with E-state index in [0.29, 0.717) is 18.0 Å². The van der Waals surface area contributed by atoms with Gasteiger partial charge in [0.15, 0.2) is 18.1 Å². The van der Waals surface area contributed by atoms with E-state index in [9.17, 15) is 4.79 Å². The van der Waals surface area contributed by atoms with Gasteiger partial charge < -0.3 is 14.8 Å². The summed E-state index contributed by atoms with van der Waals surface area (Å²) in [5.41, 5.74) is 5.00. The van der Waals surface area contributed by atoms with Gasteiger partial charge >= 0.3 is 0 Å². The number of ether oxygens (including phenoxy) is 2. The Morgan fingerprint density at radius 1 is 1.00 bits per heavy atom. The number of methoxy groups -OCH3 is 1. The minimum atomic E-state index is -0.122. The van der Waals surface area contributed by atoms with Crippen LogP contribution in [0.1, 0.15) is 28.7 Å². The van der Waals surface area contributed by atoms with Crippen molar-refractivity contribution in [2.45, 2.75) is 33.6 Å². The molecule has 0 unspecified atom stereocenters. The highest BCUT2D eigenvalue weighted by molar-refractivity contribution is 5.77. The van der Waals surface area contributed by atoms with Crippen LogP contribution < -0.4 is 14.8 Å². The Labute approximate surface area is 150 Å². The van der Waals surface area contributed by atoms with E-state index in [1.165, 1.54) is 16.7 Å². The van der Waals surface area contributed by atoms with Crippen molar-refractivity contribution in [1.29, 1.82) is 0 Å². The molecule has 1 N–H and O–H groups in total. The molecule has 4 nitrogen and oxygen atoms in total. The van der Waals surface area contributed by atoms with Gasteiger partial charge in [-0.1, -0.05) is 29.8 Å². The molecule has 0 aliphatic heterocycles. The summed E-state index contributed by atoms with van der Waals surface area (Å²) in [6, 6.07) is 12.1. The normalized spacial score (nSPS) is 10.4. The van der Waals surface area contributed by atoms with Crippen molar-refractivity contribution in [3.8, 4) is 11.5 Å². The van der Waals surface area contributed by atoms with Gasteiger partial charge in [0.25, 0.3) is 5.91 Å². The minimum Gasteiger partial charge on any atom is -0.493 e. The summed E-state index contributed by atoms with van der Waals surface area (Å²) in [4.78, 5) is 11.9. The summed E-state index contributed by atoms with van der Waals surface area (Å²) < 4.78 is 10.8. The van der Waals surface area contributed by atoms with Crippen LogP contribution in [0.3, 0.4) is 0 Å². The van der Waals surface area contributed by atoms with E-state index in [1.54, 1.807) is 7.11 Å². The molecule has 0 aliphatic rings. The number of hydrogen-bond acceptors (Lipinski definition) is 3. The highest BCUT2D eigenvalue weighted by Crippen LogP contribution is 2.27. The van der Waals surface area contributed by atoms with Crippen molar-refractivity contribution < 1.29 is 14.3 Å². The van der Waals surface area contributed by atoms with E-state index < -0.39 is 0 Å². The van der Waals surface area contributed by atoms with Gasteiger partial charge in [-0.25, -0.2) is 0 Å². The Kier molecular flexibility index (Phi) is 6.87. The summed E-state index contributed by atoms with van der Waals surface area (Å²) >= 11 is 0. The molecule has 0 saturated heterocycles. The fourth-order valence-corrected chi connectivity index (χ4v) is 2.72. The third kappa shape index (κ3) is 5.82. The van der Waals surface area contributed by atoms with Crippen LogP contribution in [0.5, 0.6) is 11.5 Å². The molecule has 0 atom stereocenters. The second-order valence-corrected chi connectivity index (χ2v) is 6.33. The number of benzene rings is 2. The van der Waals surface area contributed by atoms with Crippen LogP contribution in [-0.4, -0.2) is 26.2 Å². The summed E-state index contributed by atoms with van der Waals surface area (Å²) in [5, 5.41) is 2.90. The summed E-state index contributed by atoms with van der Waals surface area (Å²) in [5.74, 6) is 1.10. The second kappa shape index (κ2) is 9.11. The van der Waals surface area contributed by atoms with E-state index in [1.807, 2.05) is 25.1 Å². The van der Waals surface area contributed by atoms with E-state index in [-0.39, 0.29) is 12.5 Å². The quantitative estimate of drug-likeness (QED) is 0.744. The smallest absolute Gasteiger partial charge is 0.257 e. The summed E-state index contributed by atoms with van der Waals surface area (Å²) in [7, 11) is 1.59. The van der Waals surface area contributed by atoms with Crippen LogP contribution in [-0.2, 0) is 11.2 Å². The van der Waals surface area contributed by atoms with E-state index >= 15 is 0 Å². The fourth-order valence-electron chi connectivity index (χ4n) is 2.72. The number of nitrogens with one attached hydrogen (secondary N) is 1. The average Bonchev–Trinajstić information content (AvgIpc) is 2.59. The van der Waals surface area contributed by atoms with Crippen molar-refractivity contribution in [2.75, 3.05) is 20.3 Å². The first kappa shape index (κ1) is 18.8. The zero-order valence-corrected chi connectivity index (χ0v) is 15.5. The number of hydrogen-bond donors (Lipinski definition) is 1. The molecular formula is C21H27NO3. The zero-order chi connectivity index (χ0) is 18.2. The molecule has 0 radical (unpaired) electrons. The van der Waals surface area contributed by atoms with Crippen LogP contribution >= 0.6 is 0 Å². The topological polar surface area (TPSA) is 47.6 Å². The first-order valence-corrected chi connectivity index (χ1v) is 8.60. The number of rotatable bonds is 8. The van der Waals surface area contributed by atoms with Crippen molar-refractivity contribution >= 4 is 5.91 Å². The fraction of sp³-hybridized carbons (Fsp3) is 0.381. The molecule has 0 aromatic heterocycles. The van der Waals surface area contributed by atoms with Gasteiger partial charge in [0.1, 0.15) is 0 Å². The molecule has 0 heterocycles. The van der Waals surface area contributed by atoms with Gasteiger partial charge in [0, 0.05) is 6.54 Å². The number of amides is 1. The zero-order valence-electron chi connectivity index (χ0n) is 15.5. The van der Waals surface area contributed by atoms with Gasteiger partial charge in [-0.3, -0.25) is 4.79 Å². The van der Waals surface area contributed by atoms with E-state index in [2.05, 4.69) is 37.4 Å². The molecule has 2 aromatic carbocycles. The predicted molar refractivity (Wildman–Crippen MR) is 100 cm³/mol. The highest BCUT2D eigenvalue weighted by Gasteiger charge is 2.07. The standard InChI is InChI=1S/C21H27NO3/c1-15-7-9-18(17(3)12-15)6-5-11-22-21(23)14-25-19-10-8-16(2)13-20(19)24-4/h7-10,12-13H,5-6,11,14H2,1-4H3,(H,22,23).